The molecule has 4 nitrogen and oxygen atoms in total. The Bertz CT molecular complexity index is 369. The highest BCUT2D eigenvalue weighted by atomic mass is 16.5. The quantitative estimate of drug-likeness (QED) is 0.842. The summed E-state index contributed by atoms with van der Waals surface area (Å²) in [7, 11) is 0. The summed E-state index contributed by atoms with van der Waals surface area (Å²) in [5.41, 5.74) is 1.18. The average Bonchev–Trinajstić information content (AvgIpc) is 2.79. The van der Waals surface area contributed by atoms with Crippen LogP contribution in [0.5, 0.6) is 0 Å². The average molecular weight is 222 g/mol. The first-order chi connectivity index (χ1) is 7.75. The fourth-order valence-electron chi connectivity index (χ4n) is 1.65. The summed E-state index contributed by atoms with van der Waals surface area (Å²) in [5.74, 6) is -0.911. The molecule has 4 heteroatoms. The van der Waals surface area contributed by atoms with Crippen LogP contribution in [0.15, 0.2) is 24.3 Å². The van der Waals surface area contributed by atoms with Crippen LogP contribution in [0.25, 0.3) is 0 Å². The van der Waals surface area contributed by atoms with Crippen LogP contribution in [-0.4, -0.2) is 30.4 Å². The summed E-state index contributed by atoms with van der Waals surface area (Å²) in [5, 5.41) is 8.83. The smallest absolute Gasteiger partial charge is 0.335 e. The van der Waals surface area contributed by atoms with Gasteiger partial charge in [-0.1, -0.05) is 12.1 Å². The first-order valence-corrected chi connectivity index (χ1v) is 5.27. The molecule has 1 aromatic rings. The van der Waals surface area contributed by atoms with Gasteiger partial charge in [0, 0.05) is 6.61 Å². The Morgan fingerprint density at radius 1 is 1.56 bits per heavy atom. The van der Waals surface area contributed by atoms with Gasteiger partial charge in [0.1, 0.15) is 0 Å². The van der Waals surface area contributed by atoms with Crippen LogP contribution >= 0.6 is 0 Å². The molecule has 1 atom stereocenters. The second-order valence-electron chi connectivity index (χ2n) is 3.80. The minimum Gasteiger partial charge on any atom is -0.478 e. The normalized spacial score (nSPS) is 19.9. The third kappa shape index (κ3) is 2.81. The summed E-state index contributed by atoms with van der Waals surface area (Å²) in [6.45, 7) is 1.83. The van der Waals surface area contributed by atoms with Gasteiger partial charge in [0.25, 0.3) is 0 Å². The van der Waals surface area contributed by atoms with Crippen LogP contribution in [0.1, 0.15) is 22.3 Å². The van der Waals surface area contributed by atoms with Gasteiger partial charge in [0.15, 0.2) is 0 Å². The van der Waals surface area contributed by atoms with Crippen LogP contribution in [0.2, 0.25) is 0 Å². The van der Waals surface area contributed by atoms with E-state index in [2.05, 4.69) is 0 Å². The van der Waals surface area contributed by atoms with Crippen LogP contribution in [0, 0.1) is 0 Å². The molecule has 0 spiro atoms. The van der Waals surface area contributed by atoms with E-state index >= 15 is 0 Å². The molecule has 0 saturated carbocycles. The number of hydrogen-bond donors (Lipinski definition) is 1. The number of aromatic carboxylic acids is 1. The van der Waals surface area contributed by atoms with Crippen molar-refractivity contribution >= 4 is 5.97 Å². The molecule has 1 aliphatic heterocycles. The van der Waals surface area contributed by atoms with Crippen molar-refractivity contribution in [3.05, 3.63) is 35.4 Å². The van der Waals surface area contributed by atoms with Gasteiger partial charge in [-0.3, -0.25) is 0 Å². The highest BCUT2D eigenvalue weighted by Gasteiger charge is 2.15. The Morgan fingerprint density at radius 3 is 3.12 bits per heavy atom. The second kappa shape index (κ2) is 5.09. The van der Waals surface area contributed by atoms with Crippen molar-refractivity contribution in [1.29, 1.82) is 0 Å². The van der Waals surface area contributed by atoms with Gasteiger partial charge < -0.3 is 14.6 Å². The Hall–Kier alpha value is -1.39. The van der Waals surface area contributed by atoms with Crippen LogP contribution in [-0.2, 0) is 16.1 Å². The van der Waals surface area contributed by atoms with Crippen LogP contribution in [0.4, 0.5) is 0 Å². The molecule has 1 saturated heterocycles. The number of carboxylic acids is 1. The number of carboxylic acid groups (broad SMARTS) is 1. The van der Waals surface area contributed by atoms with Crippen molar-refractivity contribution in [1.82, 2.24) is 0 Å². The zero-order valence-corrected chi connectivity index (χ0v) is 8.89. The van der Waals surface area contributed by atoms with Gasteiger partial charge in [0.2, 0.25) is 0 Å². The van der Waals surface area contributed by atoms with E-state index in [4.69, 9.17) is 14.6 Å². The van der Waals surface area contributed by atoms with E-state index in [1.807, 2.05) is 6.07 Å². The fraction of sp³-hybridized carbons (Fsp3) is 0.417. The molecule has 0 amide bonds. The van der Waals surface area contributed by atoms with Crippen molar-refractivity contribution in [3.8, 4) is 0 Å². The molecular weight excluding hydrogens is 208 g/mol. The molecule has 0 aromatic heterocycles. The molecule has 1 fully saturated rings. The maximum atomic E-state index is 10.8. The fourth-order valence-corrected chi connectivity index (χ4v) is 1.65. The molecule has 0 aliphatic carbocycles. The summed E-state index contributed by atoms with van der Waals surface area (Å²) < 4.78 is 10.8. The van der Waals surface area contributed by atoms with Gasteiger partial charge in [-0.25, -0.2) is 4.79 Å². The zero-order chi connectivity index (χ0) is 11.4. The van der Waals surface area contributed by atoms with Gasteiger partial charge in [-0.15, -0.1) is 0 Å². The summed E-state index contributed by atoms with van der Waals surface area (Å²) in [4.78, 5) is 10.8. The number of ether oxygens (including phenoxy) is 2. The molecule has 0 radical (unpaired) electrons. The van der Waals surface area contributed by atoms with Crippen molar-refractivity contribution in [2.75, 3.05) is 13.2 Å². The van der Waals surface area contributed by atoms with E-state index in [9.17, 15) is 4.79 Å². The maximum absolute atomic E-state index is 10.8. The van der Waals surface area contributed by atoms with Crippen molar-refractivity contribution in [2.24, 2.45) is 0 Å². The monoisotopic (exact) mass is 222 g/mol. The van der Waals surface area contributed by atoms with Crippen molar-refractivity contribution < 1.29 is 19.4 Å². The predicted molar refractivity (Wildman–Crippen MR) is 57.4 cm³/mol. The third-order valence-corrected chi connectivity index (χ3v) is 2.55. The third-order valence-electron chi connectivity index (χ3n) is 2.55. The molecule has 1 N–H and O–H groups in total. The molecule has 1 heterocycles. The number of carbonyl (C=O) groups is 1. The largest absolute Gasteiger partial charge is 0.478 e. The summed E-state index contributed by atoms with van der Waals surface area (Å²) in [6.07, 6.45) is 1.06. The molecule has 1 unspecified atom stereocenters. The first kappa shape index (κ1) is 11.1. The van der Waals surface area contributed by atoms with E-state index in [-0.39, 0.29) is 6.10 Å². The molecule has 0 bridgehead atoms. The lowest BCUT2D eigenvalue weighted by Crippen LogP contribution is -2.12. The van der Waals surface area contributed by atoms with Gasteiger partial charge in [0.05, 0.1) is 24.9 Å². The molecular formula is C12H14O4. The van der Waals surface area contributed by atoms with Gasteiger partial charge >= 0.3 is 5.97 Å². The topological polar surface area (TPSA) is 55.8 Å². The van der Waals surface area contributed by atoms with E-state index in [1.54, 1.807) is 18.2 Å². The summed E-state index contributed by atoms with van der Waals surface area (Å²) >= 11 is 0. The molecule has 16 heavy (non-hydrogen) atoms. The molecule has 1 aromatic carbocycles. The minimum absolute atomic E-state index is 0.147. The Morgan fingerprint density at radius 2 is 2.44 bits per heavy atom. The predicted octanol–water partition coefficient (Wildman–Crippen LogP) is 1.69. The standard InChI is InChI=1S/C12H14O4/c13-12(14)10-3-1-2-9(6-10)7-16-11-4-5-15-8-11/h1-3,6,11H,4-5,7-8H2,(H,13,14). The second-order valence-corrected chi connectivity index (χ2v) is 3.80. The minimum atomic E-state index is -0.911. The lowest BCUT2D eigenvalue weighted by molar-refractivity contribution is 0.0317. The molecule has 1 aliphatic rings. The van der Waals surface area contributed by atoms with Gasteiger partial charge in [-0.2, -0.15) is 0 Å². The Kier molecular flexibility index (Phi) is 3.54. The molecule has 86 valence electrons. The van der Waals surface area contributed by atoms with Crippen molar-refractivity contribution in [3.63, 3.8) is 0 Å². The maximum Gasteiger partial charge on any atom is 0.335 e. The lowest BCUT2D eigenvalue weighted by Gasteiger charge is -2.09. The summed E-state index contributed by atoms with van der Waals surface area (Å²) in [6, 6.07) is 6.80. The highest BCUT2D eigenvalue weighted by molar-refractivity contribution is 5.87. The lowest BCUT2D eigenvalue weighted by atomic mass is 10.1. The number of hydrogen-bond acceptors (Lipinski definition) is 3. The van der Waals surface area contributed by atoms with E-state index in [0.717, 1.165) is 18.6 Å². The highest BCUT2D eigenvalue weighted by Crippen LogP contribution is 2.12. The van der Waals surface area contributed by atoms with Crippen LogP contribution < -0.4 is 0 Å². The zero-order valence-electron chi connectivity index (χ0n) is 8.89. The molecule has 2 rings (SSSR count). The van der Waals surface area contributed by atoms with Gasteiger partial charge in [-0.05, 0) is 24.1 Å². The SMILES string of the molecule is O=C(O)c1cccc(COC2CCOC2)c1. The first-order valence-electron chi connectivity index (χ1n) is 5.27. The number of rotatable bonds is 4. The number of benzene rings is 1. The van der Waals surface area contributed by atoms with E-state index in [0.29, 0.717) is 18.8 Å². The Labute approximate surface area is 93.8 Å². The Balaban J connectivity index is 1.93. The van der Waals surface area contributed by atoms with Crippen molar-refractivity contribution in [2.45, 2.75) is 19.1 Å². The van der Waals surface area contributed by atoms with E-state index < -0.39 is 5.97 Å². The van der Waals surface area contributed by atoms with Crippen LogP contribution in [0.3, 0.4) is 0 Å². The van der Waals surface area contributed by atoms with E-state index in [1.165, 1.54) is 0 Å².